The predicted molar refractivity (Wildman–Crippen MR) is 133 cm³/mol. The van der Waals surface area contributed by atoms with Crippen LogP contribution in [0.3, 0.4) is 0 Å². The number of aliphatic imine (C=N–C) groups is 1. The van der Waals surface area contributed by atoms with Crippen molar-refractivity contribution >= 4 is 21.8 Å². The molecule has 182 valence electrons. The van der Waals surface area contributed by atoms with Gasteiger partial charge in [0.2, 0.25) is 5.91 Å². The number of hydrogen-bond donors (Lipinski definition) is 2. The van der Waals surface area contributed by atoms with E-state index in [1.54, 1.807) is 24.3 Å². The molecule has 1 saturated heterocycles. The number of amidine groups is 1. The first kappa shape index (κ1) is 24.4. The summed E-state index contributed by atoms with van der Waals surface area (Å²) in [6, 6.07) is 14.3. The molecule has 9 heteroatoms. The second-order valence-corrected chi connectivity index (χ2v) is 11.0. The van der Waals surface area contributed by atoms with Crippen molar-refractivity contribution in [1.82, 2.24) is 19.8 Å². The molecule has 2 N–H and O–H groups in total. The van der Waals surface area contributed by atoms with Crippen molar-refractivity contribution in [3.05, 3.63) is 65.2 Å². The minimum absolute atomic E-state index is 0.103. The van der Waals surface area contributed by atoms with E-state index in [-0.39, 0.29) is 22.6 Å². The summed E-state index contributed by atoms with van der Waals surface area (Å²) < 4.78 is 27.3. The zero-order valence-corrected chi connectivity index (χ0v) is 20.8. The molecule has 0 radical (unpaired) electrons. The van der Waals surface area contributed by atoms with E-state index < -0.39 is 16.1 Å². The Hall–Kier alpha value is -2.75. The fraction of sp³-hybridized carbons (Fsp3) is 0.440. The van der Waals surface area contributed by atoms with Gasteiger partial charge in [-0.25, -0.2) is 8.42 Å². The van der Waals surface area contributed by atoms with Gasteiger partial charge in [0.05, 0.1) is 4.90 Å². The molecule has 2 heterocycles. The molecule has 1 amide bonds. The molecule has 0 bridgehead atoms. The number of hydrogen-bond acceptors (Lipinski definition) is 6. The van der Waals surface area contributed by atoms with Gasteiger partial charge in [-0.05, 0) is 36.2 Å². The van der Waals surface area contributed by atoms with Crippen LogP contribution in [0.2, 0.25) is 0 Å². The van der Waals surface area contributed by atoms with Crippen molar-refractivity contribution in [3.8, 4) is 0 Å². The smallest absolute Gasteiger partial charge is 0.263 e. The number of likely N-dealkylation sites (N-methyl/N-ethyl adjacent to an activating group) is 1. The zero-order chi connectivity index (χ0) is 24.3. The number of fused-ring (bicyclic) bond motifs is 1. The third-order valence-electron chi connectivity index (χ3n) is 6.29. The summed E-state index contributed by atoms with van der Waals surface area (Å²) in [7, 11) is -1.50. The van der Waals surface area contributed by atoms with E-state index in [1.807, 2.05) is 26.0 Å². The topological polar surface area (TPSA) is 94.1 Å². The Labute approximate surface area is 202 Å². The molecule has 2 aromatic rings. The molecule has 1 fully saturated rings. The number of rotatable bonds is 7. The second-order valence-electron chi connectivity index (χ2n) is 9.39. The molecule has 0 unspecified atom stereocenters. The van der Waals surface area contributed by atoms with Crippen molar-refractivity contribution in [2.45, 2.75) is 37.9 Å². The van der Waals surface area contributed by atoms with Crippen LogP contribution in [0.4, 0.5) is 0 Å². The molecule has 34 heavy (non-hydrogen) atoms. The summed E-state index contributed by atoms with van der Waals surface area (Å²) in [5.74, 6) is -0.109. The highest BCUT2D eigenvalue weighted by Gasteiger charge is 2.32. The fourth-order valence-corrected chi connectivity index (χ4v) is 5.51. The number of sulfonamides is 1. The van der Waals surface area contributed by atoms with Crippen molar-refractivity contribution in [2.24, 2.45) is 10.9 Å². The van der Waals surface area contributed by atoms with E-state index >= 15 is 0 Å². The van der Waals surface area contributed by atoms with Gasteiger partial charge in [0.25, 0.3) is 10.0 Å². The largest absolute Gasteiger partial charge is 0.350 e. The molecule has 0 saturated carbocycles. The van der Waals surface area contributed by atoms with Gasteiger partial charge in [-0.2, -0.15) is 0 Å². The van der Waals surface area contributed by atoms with E-state index in [4.69, 9.17) is 0 Å². The number of piperazine rings is 1. The number of amides is 1. The zero-order valence-electron chi connectivity index (χ0n) is 20.0. The number of nitrogens with one attached hydrogen (secondary N) is 2. The number of carbonyl (C=O) groups is 1. The fourth-order valence-electron chi connectivity index (χ4n) is 4.28. The van der Waals surface area contributed by atoms with Crippen LogP contribution in [0.5, 0.6) is 0 Å². The average Bonchev–Trinajstić information content (AvgIpc) is 3.07. The van der Waals surface area contributed by atoms with Crippen molar-refractivity contribution in [2.75, 3.05) is 33.2 Å². The lowest BCUT2D eigenvalue weighted by molar-refractivity contribution is -0.123. The second kappa shape index (κ2) is 10.2. The SMILES string of the molecule is CC(C)[C@H](N=C1NS(=O)(=O)c2ccccc21)C(=O)NCc1cccc(CN2CCN(C)CC2)c1. The average molecular weight is 484 g/mol. The van der Waals surface area contributed by atoms with Crippen LogP contribution in [0.1, 0.15) is 30.5 Å². The normalized spacial score (nSPS) is 20.2. The third-order valence-corrected chi connectivity index (χ3v) is 7.69. The Morgan fingerprint density at radius 1 is 1.06 bits per heavy atom. The highest BCUT2D eigenvalue weighted by atomic mass is 32.2. The summed E-state index contributed by atoms with van der Waals surface area (Å²) in [4.78, 5) is 22.5. The van der Waals surface area contributed by atoms with Crippen LogP contribution in [0, 0.1) is 5.92 Å². The van der Waals surface area contributed by atoms with Crippen LogP contribution in [0.25, 0.3) is 0 Å². The van der Waals surface area contributed by atoms with E-state index in [9.17, 15) is 13.2 Å². The van der Waals surface area contributed by atoms with Crippen molar-refractivity contribution < 1.29 is 13.2 Å². The molecule has 0 aromatic heterocycles. The van der Waals surface area contributed by atoms with Gasteiger partial charge in [0.1, 0.15) is 11.9 Å². The van der Waals surface area contributed by atoms with Crippen LogP contribution >= 0.6 is 0 Å². The maximum atomic E-state index is 13.0. The first-order valence-corrected chi connectivity index (χ1v) is 13.2. The molecule has 2 aliphatic heterocycles. The molecule has 2 aliphatic rings. The molecule has 0 aliphatic carbocycles. The van der Waals surface area contributed by atoms with Gasteiger partial charge < -0.3 is 10.2 Å². The highest BCUT2D eigenvalue weighted by Crippen LogP contribution is 2.23. The maximum Gasteiger partial charge on any atom is 0.263 e. The molecule has 0 spiro atoms. The van der Waals surface area contributed by atoms with Gasteiger partial charge >= 0.3 is 0 Å². The van der Waals surface area contributed by atoms with Crippen molar-refractivity contribution in [3.63, 3.8) is 0 Å². The van der Waals surface area contributed by atoms with Crippen LogP contribution in [0.15, 0.2) is 58.4 Å². The summed E-state index contributed by atoms with van der Waals surface area (Å²) in [5, 5.41) is 2.99. The summed E-state index contributed by atoms with van der Waals surface area (Å²) >= 11 is 0. The summed E-state index contributed by atoms with van der Waals surface area (Å²) in [6.07, 6.45) is 0. The van der Waals surface area contributed by atoms with Gasteiger partial charge in [0, 0.05) is 44.8 Å². The summed E-state index contributed by atoms with van der Waals surface area (Å²) in [6.45, 7) is 9.37. The minimum atomic E-state index is -3.65. The molecular formula is C25H33N5O3S. The Morgan fingerprint density at radius 3 is 2.50 bits per heavy atom. The van der Waals surface area contributed by atoms with E-state index in [0.717, 1.165) is 38.3 Å². The Balaban J connectivity index is 1.42. The van der Waals surface area contributed by atoms with Gasteiger partial charge in [0.15, 0.2) is 0 Å². The number of benzene rings is 2. The van der Waals surface area contributed by atoms with Gasteiger partial charge in [-0.15, -0.1) is 0 Å². The Morgan fingerprint density at radius 2 is 1.76 bits per heavy atom. The predicted octanol–water partition coefficient (Wildman–Crippen LogP) is 1.81. The third kappa shape index (κ3) is 5.65. The molecule has 1 atom stereocenters. The first-order chi connectivity index (χ1) is 16.2. The lowest BCUT2D eigenvalue weighted by atomic mass is 10.0. The lowest BCUT2D eigenvalue weighted by Crippen LogP contribution is -2.43. The Kier molecular flexibility index (Phi) is 7.35. The molecule has 2 aromatic carbocycles. The van der Waals surface area contributed by atoms with E-state index in [1.165, 1.54) is 5.56 Å². The van der Waals surface area contributed by atoms with Crippen molar-refractivity contribution in [1.29, 1.82) is 0 Å². The van der Waals surface area contributed by atoms with Crippen LogP contribution < -0.4 is 10.0 Å². The maximum absolute atomic E-state index is 13.0. The highest BCUT2D eigenvalue weighted by molar-refractivity contribution is 7.90. The van der Waals surface area contributed by atoms with Gasteiger partial charge in [-0.3, -0.25) is 19.4 Å². The number of nitrogens with zero attached hydrogens (tertiary/aromatic N) is 3. The van der Waals surface area contributed by atoms with Crippen LogP contribution in [-0.4, -0.2) is 69.2 Å². The van der Waals surface area contributed by atoms with Gasteiger partial charge in [-0.1, -0.05) is 50.2 Å². The lowest BCUT2D eigenvalue weighted by Gasteiger charge is -2.32. The number of carbonyl (C=O) groups excluding carboxylic acids is 1. The first-order valence-electron chi connectivity index (χ1n) is 11.7. The monoisotopic (exact) mass is 483 g/mol. The Bertz CT molecular complexity index is 1170. The quantitative estimate of drug-likeness (QED) is 0.627. The van der Waals surface area contributed by atoms with E-state index in [2.05, 4.69) is 44.0 Å². The molecule has 4 rings (SSSR count). The summed E-state index contributed by atoms with van der Waals surface area (Å²) in [5.41, 5.74) is 2.76. The standard InChI is InChI=1S/C25H33N5O3S/c1-18(2)23(27-24-21-9-4-5-10-22(21)34(32,33)28-24)25(31)26-16-19-7-6-8-20(15-19)17-30-13-11-29(3)12-14-30/h4-10,15,18,23H,11-14,16-17H2,1-3H3,(H,26,31)(H,27,28)/t23-/m0/s1. The molecular weight excluding hydrogens is 450 g/mol. The van der Waals surface area contributed by atoms with E-state index in [0.29, 0.717) is 12.1 Å². The molecule has 8 nitrogen and oxygen atoms in total. The minimum Gasteiger partial charge on any atom is -0.350 e. The van der Waals surface area contributed by atoms with Crippen LogP contribution in [-0.2, 0) is 27.9 Å².